The Bertz CT molecular complexity index is 139. The van der Waals surface area contributed by atoms with E-state index in [-0.39, 0.29) is 0 Å². The fourth-order valence-electron chi connectivity index (χ4n) is 0.682. The predicted molar refractivity (Wildman–Crippen MR) is 39.3 cm³/mol. The van der Waals surface area contributed by atoms with Gasteiger partial charge in [-0.05, 0) is 18.5 Å². The van der Waals surface area contributed by atoms with Crippen molar-refractivity contribution in [2.75, 3.05) is 13.1 Å². The Hall–Kier alpha value is 0.300. The summed E-state index contributed by atoms with van der Waals surface area (Å²) < 4.78 is 13.2. The number of hydrogen-bond acceptors (Lipinski definition) is 2. The molecular weight excluding hydrogens is 158 g/mol. The summed E-state index contributed by atoms with van der Waals surface area (Å²) in [6.45, 7) is 3.47. The van der Waals surface area contributed by atoms with Crippen LogP contribution in [-0.2, 0) is 11.4 Å². The lowest BCUT2D eigenvalue weighted by Gasteiger charge is -2.13. The fraction of sp³-hybridized carbons (Fsp3) is 0.600. The monoisotopic (exact) mass is 165 g/mol. The second kappa shape index (κ2) is 2.92. The van der Waals surface area contributed by atoms with E-state index in [9.17, 15) is 4.55 Å². The van der Waals surface area contributed by atoms with Crippen LogP contribution in [0.2, 0.25) is 0 Å². The Balaban J connectivity index is 2.51. The molecule has 1 aliphatic rings. The van der Waals surface area contributed by atoms with Gasteiger partial charge in [-0.25, -0.2) is 0 Å². The van der Waals surface area contributed by atoms with Gasteiger partial charge in [0.05, 0.1) is 17.9 Å². The maximum atomic E-state index is 11.0. The molecule has 0 aromatic rings. The highest BCUT2D eigenvalue weighted by Crippen LogP contribution is 2.22. The van der Waals surface area contributed by atoms with Crippen molar-refractivity contribution >= 4 is 23.0 Å². The molecule has 0 aromatic carbocycles. The topological polar surface area (TPSA) is 26.3 Å². The summed E-state index contributed by atoms with van der Waals surface area (Å²) in [4.78, 5) is 0. The number of rotatable bonds is 1. The van der Waals surface area contributed by atoms with Crippen molar-refractivity contribution in [1.82, 2.24) is 4.31 Å². The molecule has 1 unspecified atom stereocenters. The highest BCUT2D eigenvalue weighted by atomic mass is 35.5. The molecular formula is C5H8ClNOS. The number of nitrogens with zero attached hydrogens (tertiary/aromatic N) is 1. The van der Waals surface area contributed by atoms with Gasteiger partial charge in [-0.3, -0.25) is 0 Å². The van der Waals surface area contributed by atoms with Crippen LogP contribution in [0.4, 0.5) is 0 Å². The van der Waals surface area contributed by atoms with Crippen LogP contribution in [0, 0.1) is 0 Å². The fourth-order valence-corrected chi connectivity index (χ4v) is 1.95. The summed E-state index contributed by atoms with van der Waals surface area (Å²) in [5, 5.41) is 0. The molecule has 1 heterocycles. The smallest absolute Gasteiger partial charge is 0.238 e. The van der Waals surface area contributed by atoms with Crippen LogP contribution in [-0.4, -0.2) is 21.9 Å². The van der Waals surface area contributed by atoms with E-state index in [4.69, 9.17) is 11.6 Å². The minimum absolute atomic E-state index is 0.469. The second-order valence-electron chi connectivity index (χ2n) is 1.74. The molecule has 52 valence electrons. The largest absolute Gasteiger partial charge is 0.592 e. The van der Waals surface area contributed by atoms with E-state index >= 15 is 0 Å². The van der Waals surface area contributed by atoms with Crippen molar-refractivity contribution in [3.63, 3.8) is 0 Å². The highest BCUT2D eigenvalue weighted by molar-refractivity contribution is 7.94. The van der Waals surface area contributed by atoms with Crippen LogP contribution >= 0.6 is 11.6 Å². The van der Waals surface area contributed by atoms with Crippen molar-refractivity contribution in [2.45, 2.75) is 6.92 Å². The average Bonchev–Trinajstić information content (AvgIpc) is 2.15. The molecule has 0 aromatic heterocycles. The number of hydrogen-bond donors (Lipinski definition) is 0. The van der Waals surface area contributed by atoms with Gasteiger partial charge in [0.25, 0.3) is 0 Å². The lowest BCUT2D eigenvalue weighted by molar-refractivity contribution is 0.476. The zero-order chi connectivity index (χ0) is 6.85. The lowest BCUT2D eigenvalue weighted by atomic mass is 10.6. The molecule has 0 bridgehead atoms. The van der Waals surface area contributed by atoms with E-state index in [1.54, 1.807) is 10.4 Å². The summed E-state index contributed by atoms with van der Waals surface area (Å²) >= 11 is 4.51. The van der Waals surface area contributed by atoms with Gasteiger partial charge in [-0.1, -0.05) is 0 Å². The Morgan fingerprint density at radius 2 is 2.67 bits per heavy atom. The predicted octanol–water partition coefficient (Wildman–Crippen LogP) is 1.07. The maximum absolute atomic E-state index is 11.0. The van der Waals surface area contributed by atoms with E-state index in [2.05, 4.69) is 0 Å². The van der Waals surface area contributed by atoms with Crippen LogP contribution in [0.5, 0.6) is 0 Å². The van der Waals surface area contributed by atoms with Crippen molar-refractivity contribution in [1.29, 1.82) is 0 Å². The van der Waals surface area contributed by atoms with Crippen LogP contribution in [0.1, 0.15) is 6.92 Å². The minimum Gasteiger partial charge on any atom is -0.592 e. The Morgan fingerprint density at radius 3 is 2.89 bits per heavy atom. The first kappa shape index (κ1) is 7.41. The Kier molecular flexibility index (Phi) is 2.41. The highest BCUT2D eigenvalue weighted by Gasteiger charge is 2.27. The van der Waals surface area contributed by atoms with Crippen molar-refractivity contribution in [3.05, 3.63) is 10.4 Å². The third-order valence-corrected chi connectivity index (χ3v) is 3.14. The average molecular weight is 166 g/mol. The van der Waals surface area contributed by atoms with Gasteiger partial charge in [0.1, 0.15) is 0 Å². The third kappa shape index (κ3) is 1.41. The normalized spacial score (nSPS) is 28.8. The summed E-state index contributed by atoms with van der Waals surface area (Å²) in [5.74, 6) is 0. The zero-order valence-corrected chi connectivity index (χ0v) is 6.71. The summed E-state index contributed by atoms with van der Waals surface area (Å²) in [6.07, 6.45) is 1.78. The molecule has 2 nitrogen and oxygen atoms in total. The molecule has 1 atom stereocenters. The van der Waals surface area contributed by atoms with E-state index < -0.39 is 11.4 Å². The molecule has 1 aliphatic heterocycles. The minimum atomic E-state index is -1.05. The standard InChI is InChI=1S/C5H8ClNOS/c1-2-7-4-3-5(6)9(7)8/h3H,2,4H2,1H3. The first-order chi connectivity index (χ1) is 4.25. The third-order valence-electron chi connectivity index (χ3n) is 1.21. The van der Waals surface area contributed by atoms with Gasteiger partial charge in [-0.15, -0.1) is 4.31 Å². The van der Waals surface area contributed by atoms with Crippen molar-refractivity contribution < 1.29 is 4.55 Å². The van der Waals surface area contributed by atoms with E-state index in [0.717, 1.165) is 13.1 Å². The van der Waals surface area contributed by atoms with Gasteiger partial charge >= 0.3 is 0 Å². The molecule has 0 saturated carbocycles. The Labute approximate surface area is 62.8 Å². The van der Waals surface area contributed by atoms with Crippen LogP contribution < -0.4 is 0 Å². The molecule has 4 heteroatoms. The van der Waals surface area contributed by atoms with Gasteiger partial charge in [-0.2, -0.15) is 0 Å². The van der Waals surface area contributed by atoms with Crippen LogP contribution in [0.15, 0.2) is 10.4 Å². The molecule has 0 aliphatic carbocycles. The zero-order valence-electron chi connectivity index (χ0n) is 5.13. The summed E-state index contributed by atoms with van der Waals surface area (Å²) in [6, 6.07) is 0. The first-order valence-corrected chi connectivity index (χ1v) is 4.26. The van der Waals surface area contributed by atoms with E-state index in [0.29, 0.717) is 4.36 Å². The lowest BCUT2D eigenvalue weighted by Crippen LogP contribution is -2.25. The van der Waals surface area contributed by atoms with Crippen LogP contribution in [0.25, 0.3) is 0 Å². The van der Waals surface area contributed by atoms with Gasteiger partial charge < -0.3 is 4.55 Å². The van der Waals surface area contributed by atoms with Gasteiger partial charge in [0, 0.05) is 12.6 Å². The first-order valence-electron chi connectivity index (χ1n) is 2.78. The summed E-state index contributed by atoms with van der Waals surface area (Å²) in [5.41, 5.74) is 0. The quantitative estimate of drug-likeness (QED) is 0.544. The van der Waals surface area contributed by atoms with E-state index in [1.165, 1.54) is 0 Å². The van der Waals surface area contributed by atoms with Gasteiger partial charge in [0.15, 0.2) is 0 Å². The molecule has 0 radical (unpaired) electrons. The molecule has 0 spiro atoms. The van der Waals surface area contributed by atoms with Crippen molar-refractivity contribution in [3.8, 4) is 0 Å². The molecule has 9 heavy (non-hydrogen) atoms. The molecule has 0 saturated heterocycles. The number of halogens is 1. The number of likely N-dealkylation sites (N-methyl/N-ethyl adjacent to an activating group) is 1. The molecule has 1 rings (SSSR count). The SMILES string of the molecule is CCN1CC=C(Cl)[S+]1[O-]. The second-order valence-corrected chi connectivity index (χ2v) is 3.82. The molecule has 0 amide bonds. The Morgan fingerprint density at radius 1 is 2.00 bits per heavy atom. The summed E-state index contributed by atoms with van der Waals surface area (Å²) in [7, 11) is 0. The molecule has 0 N–H and O–H groups in total. The maximum Gasteiger partial charge on any atom is 0.238 e. The van der Waals surface area contributed by atoms with E-state index in [1.807, 2.05) is 6.92 Å². The van der Waals surface area contributed by atoms with Gasteiger partial charge in [0.2, 0.25) is 4.36 Å². The van der Waals surface area contributed by atoms with Crippen molar-refractivity contribution in [2.24, 2.45) is 0 Å². The van der Waals surface area contributed by atoms with Crippen LogP contribution in [0.3, 0.4) is 0 Å². The molecule has 0 fully saturated rings.